The van der Waals surface area contributed by atoms with E-state index < -0.39 is 7.82 Å². The van der Waals surface area contributed by atoms with Crippen LogP contribution in [0.3, 0.4) is 0 Å². The van der Waals surface area contributed by atoms with E-state index in [0.717, 1.165) is 17.2 Å². The molecule has 0 amide bonds. The van der Waals surface area contributed by atoms with Crippen molar-refractivity contribution in [3.8, 4) is 17.2 Å². The van der Waals surface area contributed by atoms with E-state index in [4.69, 9.17) is 33.5 Å². The summed E-state index contributed by atoms with van der Waals surface area (Å²) in [5.74, 6) is 2.73. The molecule has 3 rings (SSSR count). The highest BCUT2D eigenvalue weighted by Gasteiger charge is 2.00. The first-order valence-corrected chi connectivity index (χ1v) is 9.92. The van der Waals surface area contributed by atoms with Gasteiger partial charge >= 0.3 is 7.82 Å². The molecule has 0 aliphatic rings. The number of phosphoric acid groups is 1. The molecule has 0 unspecified atom stereocenters. The summed E-state index contributed by atoms with van der Waals surface area (Å²) in [5.41, 5.74) is 0. The number of rotatable bonds is 3. The van der Waals surface area contributed by atoms with Gasteiger partial charge < -0.3 is 28.9 Å². The fourth-order valence-corrected chi connectivity index (χ4v) is 1.67. The largest absolute Gasteiger partial charge is 0.497 e. The highest BCUT2D eigenvalue weighted by molar-refractivity contribution is 7.45. The van der Waals surface area contributed by atoms with Crippen LogP contribution in [0.4, 0.5) is 0 Å². The Morgan fingerprint density at radius 1 is 0.517 bits per heavy atom. The van der Waals surface area contributed by atoms with E-state index in [1.807, 2.05) is 91.0 Å². The van der Waals surface area contributed by atoms with E-state index in [2.05, 4.69) is 0 Å². The van der Waals surface area contributed by atoms with Crippen molar-refractivity contribution in [2.45, 2.75) is 0 Å². The summed E-state index contributed by atoms with van der Waals surface area (Å²) in [6.45, 7) is 0. The molecule has 0 aliphatic heterocycles. The zero-order valence-electron chi connectivity index (χ0n) is 16.6. The number of benzene rings is 3. The molecule has 3 N–H and O–H groups in total. The first-order valence-electron chi connectivity index (χ1n) is 8.35. The fraction of sp³-hybridized carbons (Fsp3) is 0.143. The van der Waals surface area contributed by atoms with Gasteiger partial charge in [0.25, 0.3) is 0 Å². The molecule has 0 heterocycles. The maximum absolute atomic E-state index is 8.88. The zero-order valence-corrected chi connectivity index (χ0v) is 17.5. The molecule has 0 bridgehead atoms. The van der Waals surface area contributed by atoms with Crippen molar-refractivity contribution in [1.29, 1.82) is 0 Å². The molecular weight excluding hydrogens is 395 g/mol. The summed E-state index contributed by atoms with van der Waals surface area (Å²) in [6, 6.07) is 29.0. The van der Waals surface area contributed by atoms with E-state index in [1.54, 1.807) is 21.3 Å². The third-order valence-electron chi connectivity index (χ3n) is 2.94. The van der Waals surface area contributed by atoms with Gasteiger partial charge in [-0.05, 0) is 36.4 Å². The molecule has 0 radical (unpaired) electrons. The van der Waals surface area contributed by atoms with Crippen molar-refractivity contribution in [2.75, 3.05) is 21.3 Å². The standard InChI is InChI=1S/3C7H8O.H3O4P/c3*1-8-7-5-3-2-4-6-7;1-5(2,3)4/h3*2-6H,1H3;(H3,1,2,3,4). The first-order chi connectivity index (χ1) is 13.8. The normalized spacial score (nSPS) is 9.17. The second-order valence-corrected chi connectivity index (χ2v) is 6.09. The molecule has 7 nitrogen and oxygen atoms in total. The quantitative estimate of drug-likeness (QED) is 0.545. The van der Waals surface area contributed by atoms with Crippen LogP contribution in [0.2, 0.25) is 0 Å². The summed E-state index contributed by atoms with van der Waals surface area (Å²) < 4.78 is 23.6. The minimum atomic E-state index is -4.64. The number of methoxy groups -OCH3 is 3. The molecular formula is C21H27O7P. The van der Waals surface area contributed by atoms with Crippen molar-refractivity contribution in [3.63, 3.8) is 0 Å². The third-order valence-corrected chi connectivity index (χ3v) is 2.94. The van der Waals surface area contributed by atoms with Crippen LogP contribution in [-0.4, -0.2) is 36.0 Å². The van der Waals surface area contributed by atoms with Gasteiger partial charge in [-0.1, -0.05) is 54.6 Å². The third kappa shape index (κ3) is 18.3. The fourth-order valence-electron chi connectivity index (χ4n) is 1.67. The minimum absolute atomic E-state index is 0.910. The molecule has 29 heavy (non-hydrogen) atoms. The van der Waals surface area contributed by atoms with Crippen molar-refractivity contribution >= 4 is 7.82 Å². The maximum Gasteiger partial charge on any atom is 0.466 e. The number of ether oxygens (including phenoxy) is 3. The highest BCUT2D eigenvalue weighted by Crippen LogP contribution is 2.25. The topological polar surface area (TPSA) is 105 Å². The summed E-state index contributed by atoms with van der Waals surface area (Å²) in [5, 5.41) is 0. The number of hydrogen-bond acceptors (Lipinski definition) is 4. The van der Waals surface area contributed by atoms with Crippen LogP contribution in [0.5, 0.6) is 17.2 Å². The lowest BCUT2D eigenvalue weighted by molar-refractivity contribution is 0.275. The van der Waals surface area contributed by atoms with Crippen molar-refractivity contribution < 1.29 is 33.5 Å². The number of hydrogen-bond donors (Lipinski definition) is 3. The van der Waals surface area contributed by atoms with Gasteiger partial charge in [0.2, 0.25) is 0 Å². The Labute approximate surface area is 171 Å². The lowest BCUT2D eigenvalue weighted by Crippen LogP contribution is -1.78. The summed E-state index contributed by atoms with van der Waals surface area (Å²) in [7, 11) is 0.347. The predicted octanol–water partition coefficient (Wildman–Crippen LogP) is 4.16. The Kier molecular flexibility index (Phi) is 14.6. The Morgan fingerprint density at radius 2 is 0.690 bits per heavy atom. The molecule has 0 saturated carbocycles. The van der Waals surface area contributed by atoms with Gasteiger partial charge in [0.05, 0.1) is 21.3 Å². The maximum atomic E-state index is 8.88. The summed E-state index contributed by atoms with van der Waals surface area (Å²) in [4.78, 5) is 21.6. The van der Waals surface area contributed by atoms with Crippen LogP contribution in [-0.2, 0) is 4.57 Å². The molecule has 158 valence electrons. The summed E-state index contributed by atoms with van der Waals surface area (Å²) in [6.07, 6.45) is 0. The number of para-hydroxylation sites is 3. The zero-order chi connectivity index (χ0) is 22.0. The molecule has 0 saturated heterocycles. The van der Waals surface area contributed by atoms with Crippen LogP contribution < -0.4 is 14.2 Å². The van der Waals surface area contributed by atoms with Crippen LogP contribution in [0.1, 0.15) is 0 Å². The van der Waals surface area contributed by atoms with Gasteiger partial charge in [-0.15, -0.1) is 0 Å². The molecule has 0 atom stereocenters. The van der Waals surface area contributed by atoms with Crippen LogP contribution >= 0.6 is 7.82 Å². The second-order valence-electron chi connectivity index (χ2n) is 5.06. The van der Waals surface area contributed by atoms with Crippen LogP contribution in [0.25, 0.3) is 0 Å². The molecule has 0 aliphatic carbocycles. The van der Waals surface area contributed by atoms with Crippen molar-refractivity contribution in [1.82, 2.24) is 0 Å². The van der Waals surface area contributed by atoms with Crippen molar-refractivity contribution in [3.05, 3.63) is 91.0 Å². The summed E-state index contributed by atoms with van der Waals surface area (Å²) >= 11 is 0. The molecule has 8 heteroatoms. The SMILES string of the molecule is COc1ccccc1.COc1ccccc1.COc1ccccc1.O=P(O)(O)O. The minimum Gasteiger partial charge on any atom is -0.497 e. The van der Waals surface area contributed by atoms with Gasteiger partial charge in [-0.2, -0.15) is 0 Å². The van der Waals surface area contributed by atoms with E-state index in [0.29, 0.717) is 0 Å². The van der Waals surface area contributed by atoms with Gasteiger partial charge in [0.15, 0.2) is 0 Å². The van der Waals surface area contributed by atoms with Crippen LogP contribution in [0.15, 0.2) is 91.0 Å². The van der Waals surface area contributed by atoms with Crippen molar-refractivity contribution in [2.24, 2.45) is 0 Å². The van der Waals surface area contributed by atoms with E-state index >= 15 is 0 Å². The van der Waals surface area contributed by atoms with E-state index in [9.17, 15) is 0 Å². The van der Waals surface area contributed by atoms with E-state index in [1.165, 1.54) is 0 Å². The van der Waals surface area contributed by atoms with Gasteiger partial charge in [0, 0.05) is 0 Å². The smallest absolute Gasteiger partial charge is 0.466 e. The second kappa shape index (κ2) is 16.2. The first kappa shape index (κ1) is 26.2. The lowest BCUT2D eigenvalue weighted by Gasteiger charge is -1.93. The average molecular weight is 422 g/mol. The predicted molar refractivity (Wildman–Crippen MR) is 113 cm³/mol. The molecule has 0 spiro atoms. The molecule has 3 aromatic carbocycles. The highest BCUT2D eigenvalue weighted by atomic mass is 31.2. The average Bonchev–Trinajstić information content (AvgIpc) is 2.75. The Morgan fingerprint density at radius 3 is 0.793 bits per heavy atom. The molecule has 3 aromatic rings. The van der Waals surface area contributed by atoms with Gasteiger partial charge in [-0.3, -0.25) is 0 Å². The Bertz CT molecular complexity index is 676. The van der Waals surface area contributed by atoms with E-state index in [-0.39, 0.29) is 0 Å². The monoisotopic (exact) mass is 422 g/mol. The van der Waals surface area contributed by atoms with Gasteiger partial charge in [0.1, 0.15) is 17.2 Å². The van der Waals surface area contributed by atoms with Gasteiger partial charge in [-0.25, -0.2) is 4.57 Å². The van der Waals surface area contributed by atoms with Crippen LogP contribution in [0, 0.1) is 0 Å². The molecule has 0 aromatic heterocycles. The molecule has 0 fully saturated rings. The Hall–Kier alpha value is -2.83. The Balaban J connectivity index is 0.000000367. The lowest BCUT2D eigenvalue weighted by atomic mass is 10.3.